The lowest BCUT2D eigenvalue weighted by Gasteiger charge is -2.26. The van der Waals surface area contributed by atoms with Gasteiger partial charge in [0, 0.05) is 13.1 Å². The van der Waals surface area contributed by atoms with Gasteiger partial charge in [-0.15, -0.1) is 0 Å². The summed E-state index contributed by atoms with van der Waals surface area (Å²) in [6, 6.07) is 0. The molecule has 0 unspecified atom stereocenters. The van der Waals surface area contributed by atoms with Crippen molar-refractivity contribution in [1.82, 2.24) is 4.90 Å². The third kappa shape index (κ3) is 2.13. The van der Waals surface area contributed by atoms with Crippen molar-refractivity contribution in [2.75, 3.05) is 26.3 Å². The minimum Gasteiger partial charge on any atom is -0.476 e. The van der Waals surface area contributed by atoms with Gasteiger partial charge in [-0.1, -0.05) is 12.2 Å². The maximum absolute atomic E-state index is 10.4. The van der Waals surface area contributed by atoms with Crippen molar-refractivity contribution in [3.63, 3.8) is 0 Å². The first kappa shape index (κ1) is 8.42. The molecule has 1 fully saturated rings. The molecule has 1 aliphatic heterocycles. The molecule has 0 spiro atoms. The summed E-state index contributed by atoms with van der Waals surface area (Å²) in [7, 11) is 0. The molecular weight excluding hydrogens is 166 g/mol. The summed E-state index contributed by atoms with van der Waals surface area (Å²) in [6.45, 7) is 2.30. The number of carbonyl (C=O) groups is 1. The quantitative estimate of drug-likeness (QED) is 0.514. The van der Waals surface area contributed by atoms with Crippen LogP contribution in [0.2, 0.25) is 0 Å². The van der Waals surface area contributed by atoms with Gasteiger partial charge >= 0.3 is 5.97 Å². The van der Waals surface area contributed by atoms with Gasteiger partial charge in [0.1, 0.15) is 0 Å². The maximum Gasteiger partial charge on any atom is 0.363 e. The number of morpholine rings is 1. The second-order valence-corrected chi connectivity index (χ2v) is 2.60. The van der Waals surface area contributed by atoms with E-state index in [-0.39, 0.29) is 4.99 Å². The van der Waals surface area contributed by atoms with Gasteiger partial charge in [-0.05, 0) is 0 Å². The van der Waals surface area contributed by atoms with Gasteiger partial charge in [-0.3, -0.25) is 0 Å². The topological polar surface area (TPSA) is 49.8 Å². The molecule has 0 aromatic rings. The van der Waals surface area contributed by atoms with Crippen LogP contribution < -0.4 is 0 Å². The lowest BCUT2D eigenvalue weighted by atomic mass is 10.4. The maximum atomic E-state index is 10.4. The summed E-state index contributed by atoms with van der Waals surface area (Å²) in [4.78, 5) is 12.0. The van der Waals surface area contributed by atoms with Gasteiger partial charge in [0.2, 0.25) is 0 Å². The van der Waals surface area contributed by atoms with Crippen molar-refractivity contribution in [1.29, 1.82) is 0 Å². The average molecular weight is 175 g/mol. The normalized spacial score (nSPS) is 18.0. The number of carboxylic acid groups (broad SMARTS) is 1. The zero-order valence-electron chi connectivity index (χ0n) is 5.95. The number of nitrogens with zero attached hydrogens (tertiary/aromatic N) is 1. The predicted molar refractivity (Wildman–Crippen MR) is 42.6 cm³/mol. The molecular formula is C6H9NO3S. The summed E-state index contributed by atoms with van der Waals surface area (Å²) in [6.07, 6.45) is 0. The van der Waals surface area contributed by atoms with Gasteiger partial charge in [0.15, 0.2) is 4.99 Å². The Morgan fingerprint density at radius 3 is 2.45 bits per heavy atom. The molecule has 11 heavy (non-hydrogen) atoms. The Kier molecular flexibility index (Phi) is 2.78. The van der Waals surface area contributed by atoms with Crippen LogP contribution in [0.5, 0.6) is 0 Å². The number of thiocarbonyl (C=S) groups is 1. The summed E-state index contributed by atoms with van der Waals surface area (Å²) < 4.78 is 5.04. The van der Waals surface area contributed by atoms with Crippen LogP contribution in [0.1, 0.15) is 0 Å². The van der Waals surface area contributed by atoms with Crippen LogP contribution in [-0.2, 0) is 9.53 Å². The number of aliphatic carboxylic acids is 1. The van der Waals surface area contributed by atoms with E-state index in [1.54, 1.807) is 4.90 Å². The molecule has 4 nitrogen and oxygen atoms in total. The van der Waals surface area contributed by atoms with E-state index in [4.69, 9.17) is 9.84 Å². The van der Waals surface area contributed by atoms with Crippen LogP contribution in [0.25, 0.3) is 0 Å². The van der Waals surface area contributed by atoms with Gasteiger partial charge in [-0.25, -0.2) is 4.79 Å². The Morgan fingerprint density at radius 1 is 1.45 bits per heavy atom. The molecule has 1 heterocycles. The van der Waals surface area contributed by atoms with E-state index in [0.29, 0.717) is 26.3 Å². The van der Waals surface area contributed by atoms with E-state index in [0.717, 1.165) is 0 Å². The van der Waals surface area contributed by atoms with Crippen LogP contribution >= 0.6 is 12.2 Å². The smallest absolute Gasteiger partial charge is 0.363 e. The van der Waals surface area contributed by atoms with Gasteiger partial charge in [-0.2, -0.15) is 0 Å². The fourth-order valence-corrected chi connectivity index (χ4v) is 1.08. The Bertz CT molecular complexity index is 177. The molecule has 0 aliphatic carbocycles. The molecule has 0 amide bonds. The Balaban J connectivity index is 2.45. The molecule has 62 valence electrons. The van der Waals surface area contributed by atoms with Crippen molar-refractivity contribution >= 4 is 23.2 Å². The fourth-order valence-electron chi connectivity index (χ4n) is 0.902. The molecule has 0 radical (unpaired) electrons. The number of rotatable bonds is 0. The SMILES string of the molecule is O=C(O)C(=S)N1CCOCC1. The first-order valence-corrected chi connectivity index (χ1v) is 3.72. The fraction of sp³-hybridized carbons (Fsp3) is 0.667. The number of hydrogen-bond donors (Lipinski definition) is 1. The van der Waals surface area contributed by atoms with Crippen LogP contribution in [0.4, 0.5) is 0 Å². The summed E-state index contributed by atoms with van der Waals surface area (Å²) >= 11 is 4.67. The van der Waals surface area contributed by atoms with Crippen molar-refractivity contribution in [2.45, 2.75) is 0 Å². The zero-order valence-corrected chi connectivity index (χ0v) is 6.76. The molecule has 1 saturated heterocycles. The molecule has 1 aliphatic rings. The van der Waals surface area contributed by atoms with Crippen molar-refractivity contribution in [3.05, 3.63) is 0 Å². The monoisotopic (exact) mass is 175 g/mol. The highest BCUT2D eigenvalue weighted by atomic mass is 32.1. The number of ether oxygens (including phenoxy) is 1. The minimum atomic E-state index is -1.03. The van der Waals surface area contributed by atoms with Gasteiger partial charge < -0.3 is 14.7 Å². The first-order valence-electron chi connectivity index (χ1n) is 3.32. The number of carboxylic acids is 1. The molecule has 0 bridgehead atoms. The number of hydrogen-bond acceptors (Lipinski definition) is 3. The molecule has 5 heteroatoms. The second-order valence-electron chi connectivity index (χ2n) is 2.21. The van der Waals surface area contributed by atoms with Crippen molar-refractivity contribution in [3.8, 4) is 0 Å². The Morgan fingerprint density at radius 2 is 2.00 bits per heavy atom. The standard InChI is InChI=1S/C6H9NO3S/c8-6(9)5(11)7-1-3-10-4-2-7/h1-4H2,(H,8,9). The van der Waals surface area contributed by atoms with Crippen molar-refractivity contribution < 1.29 is 14.6 Å². The van der Waals surface area contributed by atoms with Crippen LogP contribution in [0.15, 0.2) is 0 Å². The third-order valence-electron chi connectivity index (χ3n) is 1.48. The van der Waals surface area contributed by atoms with Crippen LogP contribution in [-0.4, -0.2) is 47.3 Å². The zero-order chi connectivity index (χ0) is 8.27. The lowest BCUT2D eigenvalue weighted by molar-refractivity contribution is -0.130. The van der Waals surface area contributed by atoms with E-state index in [1.807, 2.05) is 0 Å². The van der Waals surface area contributed by atoms with E-state index < -0.39 is 5.97 Å². The Labute approximate surface area is 69.7 Å². The third-order valence-corrected chi connectivity index (χ3v) is 1.91. The first-order chi connectivity index (χ1) is 5.22. The van der Waals surface area contributed by atoms with E-state index in [1.165, 1.54) is 0 Å². The summed E-state index contributed by atoms with van der Waals surface area (Å²) in [5.41, 5.74) is 0. The van der Waals surface area contributed by atoms with E-state index in [2.05, 4.69) is 12.2 Å². The van der Waals surface area contributed by atoms with Crippen LogP contribution in [0, 0.1) is 0 Å². The van der Waals surface area contributed by atoms with E-state index in [9.17, 15) is 4.79 Å². The minimum absolute atomic E-state index is 0.00620. The highest BCUT2D eigenvalue weighted by molar-refractivity contribution is 7.81. The molecule has 0 aromatic heterocycles. The van der Waals surface area contributed by atoms with Crippen molar-refractivity contribution in [2.24, 2.45) is 0 Å². The van der Waals surface area contributed by atoms with Gasteiger partial charge in [0.25, 0.3) is 0 Å². The van der Waals surface area contributed by atoms with Gasteiger partial charge in [0.05, 0.1) is 13.2 Å². The summed E-state index contributed by atoms with van der Waals surface area (Å²) in [5.74, 6) is -1.03. The second kappa shape index (κ2) is 3.64. The molecule has 0 aromatic carbocycles. The molecule has 1 N–H and O–H groups in total. The summed E-state index contributed by atoms with van der Waals surface area (Å²) in [5, 5.41) is 8.51. The molecule has 0 saturated carbocycles. The van der Waals surface area contributed by atoms with Crippen LogP contribution in [0.3, 0.4) is 0 Å². The predicted octanol–water partition coefficient (Wildman–Crippen LogP) is -0.269. The average Bonchev–Trinajstić information content (AvgIpc) is 2.05. The van der Waals surface area contributed by atoms with E-state index >= 15 is 0 Å². The lowest BCUT2D eigenvalue weighted by Crippen LogP contribution is -2.42. The highest BCUT2D eigenvalue weighted by Crippen LogP contribution is 1.98. The molecule has 0 atom stereocenters. The Hall–Kier alpha value is -0.680. The molecule has 1 rings (SSSR count). The highest BCUT2D eigenvalue weighted by Gasteiger charge is 2.18. The largest absolute Gasteiger partial charge is 0.476 e.